The number of rotatable bonds is 4. The van der Waals surface area contributed by atoms with E-state index in [0.29, 0.717) is 26.7 Å². The van der Waals surface area contributed by atoms with Gasteiger partial charge in [-0.15, -0.1) is 0 Å². The zero-order valence-electron chi connectivity index (χ0n) is 10.5. The van der Waals surface area contributed by atoms with Crippen LogP contribution in [0.2, 0.25) is 0 Å². The summed E-state index contributed by atoms with van der Waals surface area (Å²) < 4.78 is 27.8. The Morgan fingerprint density at radius 2 is 1.89 bits per heavy atom. The number of nitrogens with one attached hydrogen (secondary N) is 1. The van der Waals surface area contributed by atoms with Crippen LogP contribution in [0.4, 0.5) is 0 Å². The average molecular weight is 411 g/mol. The minimum atomic E-state index is -3.43. The van der Waals surface area contributed by atoms with Gasteiger partial charge in [0.25, 0.3) is 0 Å². The molecule has 6 heteroatoms. The van der Waals surface area contributed by atoms with Crippen LogP contribution in [0.15, 0.2) is 33.6 Å². The molecule has 0 amide bonds. The molecular weight excluding hydrogens is 394 g/mol. The minimum Gasteiger partial charge on any atom is -0.211 e. The van der Waals surface area contributed by atoms with Crippen LogP contribution >= 0.6 is 31.9 Å². The molecule has 0 aliphatic heterocycles. The molecule has 1 N–H and O–H groups in total. The summed E-state index contributed by atoms with van der Waals surface area (Å²) in [4.78, 5) is 0.722. The van der Waals surface area contributed by atoms with Gasteiger partial charge in [0.05, 0.1) is 4.90 Å². The molecule has 2 atom stereocenters. The Kier molecular flexibility index (Phi) is 5.45. The Bertz CT molecular complexity index is 533. The van der Waals surface area contributed by atoms with Gasteiger partial charge >= 0.3 is 0 Å². The van der Waals surface area contributed by atoms with Crippen molar-refractivity contribution in [3.8, 4) is 0 Å². The molecule has 1 aliphatic carbocycles. The monoisotopic (exact) mass is 409 g/mol. The van der Waals surface area contributed by atoms with Crippen molar-refractivity contribution >= 4 is 41.9 Å². The molecule has 19 heavy (non-hydrogen) atoms. The van der Waals surface area contributed by atoms with Crippen LogP contribution in [0.25, 0.3) is 0 Å². The first-order valence-corrected chi connectivity index (χ1v) is 9.58. The second-order valence-corrected chi connectivity index (χ2v) is 8.61. The number of sulfonamides is 1. The van der Waals surface area contributed by atoms with E-state index in [2.05, 4.69) is 36.6 Å². The second kappa shape index (κ2) is 6.70. The highest BCUT2D eigenvalue weighted by Crippen LogP contribution is 2.30. The van der Waals surface area contributed by atoms with Crippen molar-refractivity contribution in [1.82, 2.24) is 4.72 Å². The van der Waals surface area contributed by atoms with Gasteiger partial charge in [0.1, 0.15) is 0 Å². The molecule has 1 saturated carbocycles. The van der Waals surface area contributed by atoms with E-state index in [1.807, 2.05) is 0 Å². The quantitative estimate of drug-likeness (QED) is 0.769. The molecule has 0 saturated heterocycles. The molecule has 0 aromatic heterocycles. The fourth-order valence-corrected chi connectivity index (χ4v) is 5.22. The van der Waals surface area contributed by atoms with Gasteiger partial charge in [-0.2, -0.15) is 0 Å². The van der Waals surface area contributed by atoms with Gasteiger partial charge in [0.2, 0.25) is 10.0 Å². The van der Waals surface area contributed by atoms with Crippen LogP contribution in [-0.2, 0) is 10.0 Å². The molecule has 0 spiro atoms. The zero-order valence-corrected chi connectivity index (χ0v) is 14.5. The molecule has 0 bridgehead atoms. The predicted molar refractivity (Wildman–Crippen MR) is 84.0 cm³/mol. The summed E-state index contributed by atoms with van der Waals surface area (Å²) >= 11 is 6.93. The van der Waals surface area contributed by atoms with Gasteiger partial charge in [-0.1, -0.05) is 40.9 Å². The smallest absolute Gasteiger partial charge is 0.211 e. The second-order valence-electron chi connectivity index (χ2n) is 4.84. The highest BCUT2D eigenvalue weighted by molar-refractivity contribution is 9.10. The first-order valence-electron chi connectivity index (χ1n) is 6.39. The van der Waals surface area contributed by atoms with Crippen molar-refractivity contribution in [1.29, 1.82) is 0 Å². The van der Waals surface area contributed by atoms with E-state index in [1.54, 1.807) is 24.3 Å². The fourth-order valence-electron chi connectivity index (χ4n) is 2.35. The molecule has 1 aliphatic rings. The lowest BCUT2D eigenvalue weighted by Crippen LogP contribution is -2.34. The Hall–Kier alpha value is 0.0900. The van der Waals surface area contributed by atoms with Gasteiger partial charge in [0, 0.05) is 15.8 Å². The van der Waals surface area contributed by atoms with E-state index in [4.69, 9.17) is 0 Å². The van der Waals surface area contributed by atoms with E-state index >= 15 is 0 Å². The third-order valence-electron chi connectivity index (χ3n) is 3.48. The van der Waals surface area contributed by atoms with Crippen LogP contribution in [0.1, 0.15) is 25.7 Å². The van der Waals surface area contributed by atoms with Crippen LogP contribution in [-0.4, -0.2) is 19.8 Å². The standard InChI is InChI=1S/C13H17Br2NO2S/c14-11-6-2-1-5-10(11)9-16-19(17,18)13-8-4-3-7-12(13)15/h3-4,7-8,10-11,16H,1-2,5-6,9H2. The summed E-state index contributed by atoms with van der Waals surface area (Å²) in [5.41, 5.74) is 0. The molecule has 2 rings (SSSR count). The van der Waals surface area contributed by atoms with Crippen LogP contribution < -0.4 is 4.72 Å². The summed E-state index contributed by atoms with van der Waals surface area (Å²) in [7, 11) is -3.43. The molecule has 1 aromatic carbocycles. The zero-order chi connectivity index (χ0) is 13.9. The van der Waals surface area contributed by atoms with E-state index in [1.165, 1.54) is 12.8 Å². The van der Waals surface area contributed by atoms with Crippen LogP contribution in [0, 0.1) is 5.92 Å². The van der Waals surface area contributed by atoms with Crippen molar-refractivity contribution in [3.05, 3.63) is 28.7 Å². The van der Waals surface area contributed by atoms with E-state index < -0.39 is 10.0 Å². The third-order valence-corrected chi connectivity index (χ3v) is 7.12. The average Bonchev–Trinajstić information content (AvgIpc) is 2.38. The van der Waals surface area contributed by atoms with Crippen molar-refractivity contribution in [2.75, 3.05) is 6.54 Å². The Labute approximate surface area is 131 Å². The van der Waals surface area contributed by atoms with Gasteiger partial charge in [-0.25, -0.2) is 13.1 Å². The van der Waals surface area contributed by atoms with Crippen molar-refractivity contribution in [2.24, 2.45) is 5.92 Å². The van der Waals surface area contributed by atoms with Crippen LogP contribution in [0.5, 0.6) is 0 Å². The predicted octanol–water partition coefficient (Wildman–Crippen LogP) is 3.68. The maximum atomic E-state index is 12.2. The minimum absolute atomic E-state index is 0.303. The lowest BCUT2D eigenvalue weighted by Gasteiger charge is -2.27. The van der Waals surface area contributed by atoms with E-state index in [9.17, 15) is 8.42 Å². The number of hydrogen-bond acceptors (Lipinski definition) is 2. The highest BCUT2D eigenvalue weighted by atomic mass is 79.9. The Morgan fingerprint density at radius 1 is 1.21 bits per heavy atom. The first kappa shape index (κ1) is 15.5. The van der Waals surface area contributed by atoms with Crippen molar-refractivity contribution in [2.45, 2.75) is 35.4 Å². The first-order chi connectivity index (χ1) is 9.00. The van der Waals surface area contributed by atoms with Gasteiger partial charge < -0.3 is 0 Å². The molecule has 0 heterocycles. The summed E-state index contributed by atoms with van der Waals surface area (Å²) in [6.45, 7) is 0.500. The lowest BCUT2D eigenvalue weighted by atomic mass is 9.89. The number of halogens is 2. The fraction of sp³-hybridized carbons (Fsp3) is 0.538. The molecule has 1 aromatic rings. The van der Waals surface area contributed by atoms with Crippen molar-refractivity contribution in [3.63, 3.8) is 0 Å². The molecule has 106 valence electrons. The summed E-state index contributed by atoms with van der Waals surface area (Å²) in [6.07, 6.45) is 4.61. The highest BCUT2D eigenvalue weighted by Gasteiger charge is 2.25. The number of alkyl halides is 1. The summed E-state index contributed by atoms with van der Waals surface area (Å²) in [6, 6.07) is 6.88. The number of hydrogen-bond donors (Lipinski definition) is 1. The molecule has 0 radical (unpaired) electrons. The van der Waals surface area contributed by atoms with Gasteiger partial charge in [-0.05, 0) is 46.8 Å². The largest absolute Gasteiger partial charge is 0.241 e. The maximum Gasteiger partial charge on any atom is 0.241 e. The number of benzene rings is 1. The molecule has 3 nitrogen and oxygen atoms in total. The molecular formula is C13H17Br2NO2S. The summed E-state index contributed by atoms with van der Waals surface area (Å²) in [5.74, 6) is 0.381. The maximum absolute atomic E-state index is 12.2. The summed E-state index contributed by atoms with van der Waals surface area (Å²) in [5, 5.41) is 0. The lowest BCUT2D eigenvalue weighted by molar-refractivity contribution is 0.373. The van der Waals surface area contributed by atoms with Gasteiger partial charge in [0.15, 0.2) is 0 Å². The normalized spacial score (nSPS) is 24.3. The SMILES string of the molecule is O=S(=O)(NCC1CCCCC1Br)c1ccccc1Br. The third kappa shape index (κ3) is 4.03. The topological polar surface area (TPSA) is 46.2 Å². The van der Waals surface area contributed by atoms with Gasteiger partial charge in [-0.3, -0.25) is 0 Å². The van der Waals surface area contributed by atoms with E-state index in [-0.39, 0.29) is 0 Å². The van der Waals surface area contributed by atoms with Crippen molar-refractivity contribution < 1.29 is 8.42 Å². The molecule has 2 unspecified atom stereocenters. The Balaban J connectivity index is 2.04. The van der Waals surface area contributed by atoms with Crippen LogP contribution in [0.3, 0.4) is 0 Å². The van der Waals surface area contributed by atoms with E-state index in [0.717, 1.165) is 12.8 Å². The molecule has 1 fully saturated rings. The Morgan fingerprint density at radius 3 is 2.58 bits per heavy atom.